The van der Waals surface area contributed by atoms with E-state index in [1.165, 1.54) is 82.2 Å². The molecule has 10 heterocycles. The van der Waals surface area contributed by atoms with Crippen molar-refractivity contribution in [1.82, 2.24) is 58.1 Å². The Morgan fingerprint density at radius 2 is 1.05 bits per heavy atom. The molecular formula is C104H110N16O26S3Si. The quantitative estimate of drug-likeness (QED) is 0.00517. The molecule has 17 rings (SSSR count). The van der Waals surface area contributed by atoms with Crippen LogP contribution in [0.2, 0.25) is 5.04 Å². The number of carbonyl (C=O) groups excluding carboxylic acids is 6. The monoisotopic (exact) mass is 2120 g/mol. The van der Waals surface area contributed by atoms with Gasteiger partial charge in [0.15, 0.2) is 84.9 Å². The number of hydrogen-bond acceptors (Lipinski definition) is 34. The number of thioether (sulfide) groups is 1. The summed E-state index contributed by atoms with van der Waals surface area (Å²) in [6.45, 7) is 9.99. The van der Waals surface area contributed by atoms with Gasteiger partial charge in [-0.3, -0.25) is 62.7 Å². The number of hydrogen-bond donors (Lipinski definition) is 6. The average molecular weight is 2120 g/mol. The average Bonchev–Trinajstić information content (AvgIpc) is 1.26. The Hall–Kier alpha value is -14.6. The lowest BCUT2D eigenvalue weighted by atomic mass is 9.96. The van der Waals surface area contributed by atoms with Gasteiger partial charge in [-0.15, -0.1) is 0 Å². The fraction of sp³-hybridized carbons (Fsp3) is 0.365. The highest BCUT2D eigenvalue weighted by Gasteiger charge is 2.56. The first kappa shape index (κ1) is 107. The number of nitrogens with one attached hydrogen (secondary N) is 4. The number of aliphatic hydroxyl groups excluding tert-OH is 2. The van der Waals surface area contributed by atoms with Gasteiger partial charge in [0.2, 0.25) is 17.7 Å². The molecule has 0 bridgehead atoms. The van der Waals surface area contributed by atoms with E-state index in [0.29, 0.717) is 5.56 Å². The van der Waals surface area contributed by atoms with Crippen LogP contribution in [-0.2, 0) is 73.3 Å². The highest BCUT2D eigenvalue weighted by atomic mass is 32.2. The second kappa shape index (κ2) is 46.7. The van der Waals surface area contributed by atoms with Crippen LogP contribution in [0.15, 0.2) is 264 Å². The molecule has 784 valence electrons. The summed E-state index contributed by atoms with van der Waals surface area (Å²) in [5.41, 5.74) is -1.38. The summed E-state index contributed by atoms with van der Waals surface area (Å²) in [6.07, 6.45) is -11.8. The molecule has 6 aromatic heterocycles. The first-order valence-corrected chi connectivity index (χ1v) is 55.4. The number of amides is 3. The lowest BCUT2D eigenvalue weighted by Crippen LogP contribution is -2.66. The Balaban J connectivity index is 0.688. The molecule has 4 saturated heterocycles. The van der Waals surface area contributed by atoms with Crippen molar-refractivity contribution in [3.05, 3.63) is 319 Å². The number of benzene rings is 7. The van der Waals surface area contributed by atoms with Crippen molar-refractivity contribution in [2.24, 2.45) is 29.6 Å². The molecule has 3 amide bonds. The van der Waals surface area contributed by atoms with Crippen LogP contribution in [0.25, 0.3) is 22.3 Å². The number of aromatic amines is 1. The van der Waals surface area contributed by atoms with Crippen LogP contribution in [0.1, 0.15) is 139 Å². The Labute approximate surface area is 864 Å². The topological polar surface area (TPSA) is 550 Å². The molecular weight excluding hydrogens is 2010 g/mol. The molecule has 0 unspecified atom stereocenters. The molecule has 150 heavy (non-hydrogen) atoms. The summed E-state index contributed by atoms with van der Waals surface area (Å²) in [5, 5.41) is 46.8. The molecule has 0 spiro atoms. The lowest BCUT2D eigenvalue weighted by Gasteiger charge is -2.43. The van der Waals surface area contributed by atoms with E-state index in [4.69, 9.17) is 47.3 Å². The summed E-state index contributed by atoms with van der Waals surface area (Å²) in [6, 6.07) is 59.8. The Kier molecular flexibility index (Phi) is 33.2. The number of nitrogens with zero attached hydrogens (tertiary/aromatic N) is 12. The minimum absolute atomic E-state index is 0.00117. The Morgan fingerprint density at radius 3 is 1.63 bits per heavy atom. The predicted molar refractivity (Wildman–Crippen MR) is 551 cm³/mol. The second-order valence-electron chi connectivity index (χ2n) is 38.2. The van der Waals surface area contributed by atoms with Crippen LogP contribution in [-0.4, -0.2) is 237 Å². The number of aromatic nitrogens is 12. The van der Waals surface area contributed by atoms with Crippen LogP contribution in [0.3, 0.4) is 0 Å². The van der Waals surface area contributed by atoms with E-state index in [1.54, 1.807) is 123 Å². The smallest absolute Gasteiger partial charge is 0.351 e. The van der Waals surface area contributed by atoms with Crippen molar-refractivity contribution in [2.75, 3.05) is 70.3 Å². The van der Waals surface area contributed by atoms with Gasteiger partial charge in [0, 0.05) is 91.1 Å². The zero-order valence-electron chi connectivity index (χ0n) is 82.2. The number of aliphatic hydroxyl groups is 2. The minimum Gasteiger partial charge on any atom is -0.476 e. The van der Waals surface area contributed by atoms with E-state index in [0.717, 1.165) is 45.0 Å². The van der Waals surface area contributed by atoms with E-state index in [9.17, 15) is 63.5 Å². The van der Waals surface area contributed by atoms with Crippen molar-refractivity contribution in [3.8, 4) is 5.88 Å². The Morgan fingerprint density at radius 1 is 0.540 bits per heavy atom. The van der Waals surface area contributed by atoms with Gasteiger partial charge >= 0.3 is 29.3 Å². The number of imidazole rings is 2. The maximum atomic E-state index is 15.8. The molecule has 6 N–H and O–H groups in total. The van der Waals surface area contributed by atoms with Crippen molar-refractivity contribution >= 4 is 131 Å². The van der Waals surface area contributed by atoms with Crippen LogP contribution < -0.4 is 48.0 Å². The van der Waals surface area contributed by atoms with Gasteiger partial charge in [-0.25, -0.2) is 55.9 Å². The van der Waals surface area contributed by atoms with Gasteiger partial charge in [0.1, 0.15) is 31.0 Å². The number of non-ortho nitro benzene ring substituents is 1. The number of carbonyl (C=O) groups is 6. The zero-order chi connectivity index (χ0) is 106. The lowest BCUT2D eigenvalue weighted by molar-refractivity contribution is -0.384. The van der Waals surface area contributed by atoms with Crippen molar-refractivity contribution in [2.45, 2.75) is 152 Å². The normalized spacial score (nSPS) is 21.8. The van der Waals surface area contributed by atoms with Gasteiger partial charge in [-0.1, -0.05) is 180 Å². The SMILES string of the molecule is CC(=O)O[C@@H]1[C@H](CS(=O)(=O)CC[C@H]2O[C@@H](n3ccc(NC(=O)c4ccccc4)nc3=O)[C@H](OC(=O)c3ccccc3)[C@@H]2COC(=O)c2ccccc2)[C@@H](CCSC[C@H]2[C@@H](O)[C@H](n3cnc4c(OCCc5ccc([N+](=O)[O-])cc5)nc(NC(=O)C(C)C)nc43)O[C@@H]2CCS(=O)(=O)C[C@H]2[C@@H](O)[C@H](n3ccc(=O)[nH]c3=O)O[C@@H]2CCO[Si](c2ccccc2)(c2ccccc2)C(C)(C)C)O[C@H]1n1cnc2c(NC(=O)c3ccccc3)ncnc21. The minimum atomic E-state index is -4.58. The summed E-state index contributed by atoms with van der Waals surface area (Å²) in [5.74, 6) is -13.3. The van der Waals surface area contributed by atoms with Gasteiger partial charge in [-0.05, 0) is 107 Å². The molecule has 0 radical (unpaired) electrons. The van der Waals surface area contributed by atoms with Crippen LogP contribution in [0, 0.1) is 39.7 Å². The van der Waals surface area contributed by atoms with Gasteiger partial charge in [0.05, 0.1) is 88.7 Å². The second-order valence-corrected chi connectivity index (χ2v) is 48.1. The zero-order valence-corrected chi connectivity index (χ0v) is 85.6. The summed E-state index contributed by atoms with van der Waals surface area (Å²) >= 11 is 1.22. The molecule has 4 aliphatic heterocycles. The van der Waals surface area contributed by atoms with E-state index >= 15 is 16.8 Å². The number of fused-ring (bicyclic) bond motifs is 2. The maximum absolute atomic E-state index is 15.8. The first-order chi connectivity index (χ1) is 72.1. The van der Waals surface area contributed by atoms with E-state index in [-0.39, 0.29) is 124 Å². The molecule has 46 heteroatoms. The number of nitro benzene ring substituents is 1. The number of ether oxygens (including phenoxy) is 8. The van der Waals surface area contributed by atoms with Gasteiger partial charge < -0.3 is 63.2 Å². The number of H-pyrrole nitrogens is 1. The number of nitro groups is 1. The number of sulfone groups is 2. The first-order valence-electron chi connectivity index (χ1n) is 48.7. The molecule has 13 aromatic rings. The molecule has 4 aliphatic rings. The van der Waals surface area contributed by atoms with Crippen molar-refractivity contribution < 1.29 is 103 Å². The van der Waals surface area contributed by atoms with E-state index < -0.39 is 230 Å². The molecule has 0 aliphatic carbocycles. The number of esters is 3. The molecule has 4 fully saturated rings. The largest absolute Gasteiger partial charge is 0.476 e. The third-order valence-corrected chi connectivity index (χ3v) is 36.6. The predicted octanol–water partition coefficient (Wildman–Crippen LogP) is 9.59. The highest BCUT2D eigenvalue weighted by molar-refractivity contribution is 7.99. The molecule has 16 atom stereocenters. The van der Waals surface area contributed by atoms with Crippen LogP contribution in [0.4, 0.5) is 23.3 Å². The highest BCUT2D eigenvalue weighted by Crippen LogP contribution is 2.47. The standard InChI is InChI=1S/C104H110N16O26S3Si/c1-62(2)91(125)114-101-113-90-83(94(115-101)138-50-43-64-37-39-69(40-38-64)120(132)133)108-61-119(90)96-84(123)73(79(143-96)47-54-148(134,135)57-74-76(142-95(85(74)124)116-49-42-81(122)111-103(116)131)44-51-140-150(104(4,5)6,70-33-21-11-22-34-70)71-35-23-12-24-36-71)56-147-52-45-77-75(87(141-63(3)121)98(144-77)118-60-107-82-88(105-59-106-89(82)118)112-93(127)66-27-15-8-16-28-66)58-149(136,137)53-46-78-72(55-139-99(128)67-29-17-9-18-30-67)86(146-100(129)68-31-19-10-20-32-68)97(145-78)117-48-41-80(110-102(117)130)109-92(126)65-25-13-7-14-26-65/h7-42,48-49,59-62,72-79,84-87,95-98,123-124H,43-47,50-58H2,1-6H3,(H,111,122,131)(H,105,106,112,127)(H,109,110,126,130)(H,113,114,115,125)/t72-,73-,74-,75-,76-,77-,78-,79-,84-,85-,86-,87-,95-,96-,97-,98-/m1/s1. The molecule has 0 saturated carbocycles. The molecule has 42 nitrogen and oxygen atoms in total. The fourth-order valence-corrected chi connectivity index (χ4v) is 28.8. The third-order valence-electron chi connectivity index (χ3n) is 26.9. The Bertz CT molecular complexity index is 7430. The third kappa shape index (κ3) is 24.4. The van der Waals surface area contributed by atoms with E-state index in [1.807, 2.05) is 60.7 Å². The van der Waals surface area contributed by atoms with Crippen molar-refractivity contribution in [3.63, 3.8) is 0 Å². The van der Waals surface area contributed by atoms with Crippen LogP contribution >= 0.6 is 11.8 Å². The van der Waals surface area contributed by atoms with E-state index in [2.05, 4.69) is 71.6 Å². The van der Waals surface area contributed by atoms with Gasteiger partial charge in [-0.2, -0.15) is 26.7 Å². The summed E-state index contributed by atoms with van der Waals surface area (Å²) in [4.78, 5) is 169. The summed E-state index contributed by atoms with van der Waals surface area (Å²) < 4.78 is 127. The summed E-state index contributed by atoms with van der Waals surface area (Å²) in [7, 11) is -12.3. The van der Waals surface area contributed by atoms with Crippen molar-refractivity contribution in [1.29, 1.82) is 0 Å². The molecule has 7 aromatic carbocycles. The fourth-order valence-electron chi connectivity index (χ4n) is 19.4. The van der Waals surface area contributed by atoms with Gasteiger partial charge in [0.25, 0.3) is 31.4 Å². The number of anilines is 3. The maximum Gasteiger partial charge on any atom is 0.351 e. The number of rotatable bonds is 42. The van der Waals surface area contributed by atoms with Crippen LogP contribution in [0.5, 0.6) is 5.88 Å².